The summed E-state index contributed by atoms with van der Waals surface area (Å²) in [5, 5.41) is 9.89. The van der Waals surface area contributed by atoms with Gasteiger partial charge in [0.25, 0.3) is 0 Å². The van der Waals surface area contributed by atoms with Gasteiger partial charge in [-0.05, 0) is 19.9 Å². The number of thiophene rings is 1. The van der Waals surface area contributed by atoms with Crippen LogP contribution in [0.1, 0.15) is 23.5 Å². The number of nitrogens with two attached hydrogens (primary N) is 1. The Bertz CT molecular complexity index is 588. The van der Waals surface area contributed by atoms with E-state index in [1.807, 2.05) is 0 Å². The molecule has 1 aromatic rings. The van der Waals surface area contributed by atoms with Gasteiger partial charge in [-0.3, -0.25) is 4.79 Å². The number of aromatic carboxylic acids is 1. The summed E-state index contributed by atoms with van der Waals surface area (Å²) >= 11 is 0.784. The number of hydrogen-bond acceptors (Lipinski definition) is 5. The van der Waals surface area contributed by atoms with Crippen molar-refractivity contribution >= 4 is 33.2 Å². The van der Waals surface area contributed by atoms with E-state index in [0.717, 1.165) is 17.4 Å². The molecule has 18 heavy (non-hydrogen) atoms. The van der Waals surface area contributed by atoms with Crippen LogP contribution in [0.2, 0.25) is 0 Å². The molecule has 0 fully saturated rings. The van der Waals surface area contributed by atoms with Gasteiger partial charge in [0.2, 0.25) is 15.9 Å². The number of amides is 1. The van der Waals surface area contributed by atoms with Gasteiger partial charge in [-0.15, -0.1) is 11.3 Å². The Morgan fingerprint density at radius 1 is 1.44 bits per heavy atom. The molecule has 0 aliphatic carbocycles. The zero-order valence-corrected chi connectivity index (χ0v) is 11.3. The lowest BCUT2D eigenvalue weighted by Gasteiger charge is -2.21. The van der Waals surface area contributed by atoms with Crippen molar-refractivity contribution in [1.82, 2.24) is 4.72 Å². The molecule has 0 bridgehead atoms. The Hall–Kier alpha value is -1.45. The smallest absolute Gasteiger partial charge is 0.345 e. The third kappa shape index (κ3) is 3.06. The highest BCUT2D eigenvalue weighted by Gasteiger charge is 2.32. The fourth-order valence-electron chi connectivity index (χ4n) is 1.02. The first-order chi connectivity index (χ1) is 8.06. The average Bonchev–Trinajstić information content (AvgIpc) is 2.64. The highest BCUT2D eigenvalue weighted by Crippen LogP contribution is 2.20. The van der Waals surface area contributed by atoms with Crippen molar-refractivity contribution in [2.75, 3.05) is 0 Å². The zero-order valence-electron chi connectivity index (χ0n) is 9.63. The molecule has 0 radical (unpaired) electrons. The van der Waals surface area contributed by atoms with E-state index in [4.69, 9.17) is 10.8 Å². The maximum atomic E-state index is 11.9. The van der Waals surface area contributed by atoms with Crippen molar-refractivity contribution in [3.8, 4) is 0 Å². The molecule has 0 aliphatic heterocycles. The van der Waals surface area contributed by atoms with E-state index in [2.05, 4.69) is 4.72 Å². The fourth-order valence-corrected chi connectivity index (χ4v) is 3.51. The van der Waals surface area contributed by atoms with Gasteiger partial charge in [-0.25, -0.2) is 13.2 Å². The monoisotopic (exact) mass is 292 g/mol. The van der Waals surface area contributed by atoms with Crippen LogP contribution in [0, 0.1) is 0 Å². The van der Waals surface area contributed by atoms with Crippen LogP contribution in [0.25, 0.3) is 0 Å². The highest BCUT2D eigenvalue weighted by molar-refractivity contribution is 7.89. The summed E-state index contributed by atoms with van der Waals surface area (Å²) in [6, 6.07) is 1.02. The van der Waals surface area contributed by atoms with Crippen molar-refractivity contribution in [1.29, 1.82) is 0 Å². The quantitative estimate of drug-likeness (QED) is 0.703. The lowest BCUT2D eigenvalue weighted by atomic mass is 10.1. The fraction of sp³-hybridized carbons (Fsp3) is 0.333. The number of carbonyl (C=O) groups excluding carboxylic acids is 1. The Morgan fingerprint density at radius 3 is 2.39 bits per heavy atom. The Kier molecular flexibility index (Phi) is 3.79. The predicted molar refractivity (Wildman–Crippen MR) is 64.9 cm³/mol. The molecule has 1 rings (SSSR count). The average molecular weight is 292 g/mol. The maximum absolute atomic E-state index is 11.9. The predicted octanol–water partition coefficient (Wildman–Crippen LogP) is -0.0115. The molecule has 0 atom stereocenters. The highest BCUT2D eigenvalue weighted by atomic mass is 32.2. The van der Waals surface area contributed by atoms with Crippen molar-refractivity contribution < 1.29 is 23.1 Å². The van der Waals surface area contributed by atoms with Crippen LogP contribution in [0.3, 0.4) is 0 Å². The van der Waals surface area contributed by atoms with E-state index in [0.29, 0.717) is 0 Å². The number of rotatable bonds is 5. The standard InChI is InChI=1S/C9H12N2O5S2/c1-9(2,8(10)14)11-18(15,16)5-3-6(7(12)13)17-4-5/h3-4,11H,1-2H3,(H2,10,14)(H,12,13). The van der Waals surface area contributed by atoms with Gasteiger partial charge < -0.3 is 10.8 Å². The van der Waals surface area contributed by atoms with Gasteiger partial charge in [0, 0.05) is 5.38 Å². The largest absolute Gasteiger partial charge is 0.477 e. The second-order valence-corrected chi connectivity index (χ2v) is 6.64. The molecule has 0 unspecified atom stereocenters. The molecule has 4 N–H and O–H groups in total. The van der Waals surface area contributed by atoms with Crippen LogP contribution in [-0.4, -0.2) is 30.9 Å². The topological polar surface area (TPSA) is 127 Å². The van der Waals surface area contributed by atoms with Gasteiger partial charge in [0.05, 0.1) is 4.90 Å². The normalized spacial score (nSPS) is 12.3. The number of hydrogen-bond donors (Lipinski definition) is 3. The number of nitrogens with one attached hydrogen (secondary N) is 1. The van der Waals surface area contributed by atoms with E-state index in [1.165, 1.54) is 19.2 Å². The van der Waals surface area contributed by atoms with Crippen LogP contribution >= 0.6 is 11.3 Å². The summed E-state index contributed by atoms with van der Waals surface area (Å²) < 4.78 is 25.9. The summed E-state index contributed by atoms with van der Waals surface area (Å²) in [5.41, 5.74) is 3.60. The van der Waals surface area contributed by atoms with E-state index >= 15 is 0 Å². The van der Waals surface area contributed by atoms with E-state index < -0.39 is 27.4 Å². The van der Waals surface area contributed by atoms with E-state index in [1.54, 1.807) is 0 Å². The van der Waals surface area contributed by atoms with E-state index in [9.17, 15) is 18.0 Å². The first-order valence-electron chi connectivity index (χ1n) is 4.72. The second-order valence-electron chi connectivity index (χ2n) is 4.05. The molecule has 0 saturated carbocycles. The molecule has 0 spiro atoms. The summed E-state index contributed by atoms with van der Waals surface area (Å²) in [6.07, 6.45) is 0. The van der Waals surface area contributed by atoms with Crippen LogP contribution < -0.4 is 10.5 Å². The number of carboxylic acid groups (broad SMARTS) is 1. The molecule has 0 aliphatic rings. The van der Waals surface area contributed by atoms with Crippen LogP contribution in [0.5, 0.6) is 0 Å². The molecular weight excluding hydrogens is 280 g/mol. The molecule has 9 heteroatoms. The van der Waals surface area contributed by atoms with Crippen molar-refractivity contribution in [3.63, 3.8) is 0 Å². The third-order valence-electron chi connectivity index (χ3n) is 2.10. The summed E-state index contributed by atoms with van der Waals surface area (Å²) in [5.74, 6) is -2.05. The molecule has 7 nitrogen and oxygen atoms in total. The minimum absolute atomic E-state index is 0.104. The minimum atomic E-state index is -3.98. The van der Waals surface area contributed by atoms with Crippen molar-refractivity contribution in [2.45, 2.75) is 24.3 Å². The van der Waals surface area contributed by atoms with Crippen molar-refractivity contribution in [2.24, 2.45) is 5.73 Å². The molecule has 0 aromatic carbocycles. The Labute approximate surface area is 108 Å². The van der Waals surface area contributed by atoms with Gasteiger partial charge in [-0.1, -0.05) is 0 Å². The summed E-state index contributed by atoms with van der Waals surface area (Å²) in [6.45, 7) is 2.63. The number of carboxylic acids is 1. The SMILES string of the molecule is CC(C)(NS(=O)(=O)c1csc(C(=O)O)c1)C(N)=O. The molecule has 1 heterocycles. The van der Waals surface area contributed by atoms with Crippen LogP contribution in [0.15, 0.2) is 16.3 Å². The molecule has 1 amide bonds. The molecule has 100 valence electrons. The number of sulfonamides is 1. The summed E-state index contributed by atoms with van der Waals surface area (Å²) in [4.78, 5) is 21.4. The van der Waals surface area contributed by atoms with Gasteiger partial charge in [0.1, 0.15) is 10.4 Å². The number of primary amides is 1. The van der Waals surface area contributed by atoms with Crippen molar-refractivity contribution in [3.05, 3.63) is 16.3 Å². The number of carbonyl (C=O) groups is 2. The first kappa shape index (κ1) is 14.6. The Morgan fingerprint density at radius 2 is 2.00 bits per heavy atom. The zero-order chi connectivity index (χ0) is 14.1. The van der Waals surface area contributed by atoms with Gasteiger partial charge >= 0.3 is 5.97 Å². The van der Waals surface area contributed by atoms with E-state index in [-0.39, 0.29) is 9.77 Å². The molecule has 0 saturated heterocycles. The first-order valence-corrected chi connectivity index (χ1v) is 7.08. The summed E-state index contributed by atoms with van der Waals surface area (Å²) in [7, 11) is -3.98. The minimum Gasteiger partial charge on any atom is -0.477 e. The van der Waals surface area contributed by atoms with Crippen LogP contribution in [-0.2, 0) is 14.8 Å². The lowest BCUT2D eigenvalue weighted by Crippen LogP contribution is -2.52. The molecule has 1 aromatic heterocycles. The second kappa shape index (κ2) is 4.67. The Balaban J connectivity index is 3.07. The van der Waals surface area contributed by atoms with Gasteiger partial charge in [-0.2, -0.15) is 4.72 Å². The van der Waals surface area contributed by atoms with Crippen LogP contribution in [0.4, 0.5) is 0 Å². The van der Waals surface area contributed by atoms with Gasteiger partial charge in [0.15, 0.2) is 0 Å². The lowest BCUT2D eigenvalue weighted by molar-refractivity contribution is -0.122. The third-order valence-corrected chi connectivity index (χ3v) is 4.80. The molecular formula is C9H12N2O5S2. The maximum Gasteiger partial charge on any atom is 0.345 e.